The number of alkyl halides is 3. The molecule has 1 radical (unpaired) electrons. The number of hydrogen-bond acceptors (Lipinski definition) is 8. The second-order valence-electron chi connectivity index (χ2n) is 11.2. The summed E-state index contributed by atoms with van der Waals surface area (Å²) < 4.78 is 49.7. The molecule has 5 rings (SSSR count). The van der Waals surface area contributed by atoms with E-state index < -0.39 is 18.2 Å². The minimum absolute atomic E-state index is 0.0531. The fourth-order valence-electron chi connectivity index (χ4n) is 6.09. The van der Waals surface area contributed by atoms with Crippen LogP contribution in [0.3, 0.4) is 0 Å². The third-order valence-corrected chi connectivity index (χ3v) is 9.28. The molecule has 1 aromatic heterocycles. The van der Waals surface area contributed by atoms with Gasteiger partial charge < -0.3 is 29.7 Å². The lowest BCUT2D eigenvalue weighted by molar-refractivity contribution is -0.274. The third kappa shape index (κ3) is 6.25. The van der Waals surface area contributed by atoms with Gasteiger partial charge in [-0.25, -0.2) is 0 Å². The highest BCUT2D eigenvalue weighted by Crippen LogP contribution is 2.45. The van der Waals surface area contributed by atoms with Crippen LogP contribution in [-0.4, -0.2) is 84.2 Å². The van der Waals surface area contributed by atoms with Gasteiger partial charge in [-0.15, -0.1) is 13.2 Å². The van der Waals surface area contributed by atoms with E-state index in [-0.39, 0.29) is 33.7 Å². The van der Waals surface area contributed by atoms with E-state index in [4.69, 9.17) is 9.72 Å². The van der Waals surface area contributed by atoms with Crippen LogP contribution in [0.4, 0.5) is 19.0 Å². The molecule has 2 unspecified atom stereocenters. The Balaban J connectivity index is 1.38. The standard InChI is InChI=1S/C27H34BrF3N5O4/c1-16(24(37)38)5-6-22-26(15-32-22)7-10-36(11-8-26)23-18-12-21(40-27(29,30)31)19(28)13-20(18)33-25(34-23)39-14-17-4-3-9-35(17)2/h12-13,16-17,22,32H,1,3-11,14-15H2,2H3,(H,37,38)/t16-,17?,22?/m0/s1. The quantitative estimate of drug-likeness (QED) is 0.411. The molecule has 0 bridgehead atoms. The van der Waals surface area contributed by atoms with Crippen molar-refractivity contribution in [1.29, 1.82) is 0 Å². The number of likely N-dealkylation sites (N-methyl/N-ethyl adjacent to an activating group) is 1. The Kier molecular flexibility index (Phi) is 8.36. The number of anilines is 1. The van der Waals surface area contributed by atoms with Crippen LogP contribution >= 0.6 is 15.9 Å². The van der Waals surface area contributed by atoms with Crippen LogP contribution in [0.15, 0.2) is 16.6 Å². The summed E-state index contributed by atoms with van der Waals surface area (Å²) in [6, 6.07) is 3.50. The molecule has 2 N–H and O–H groups in total. The zero-order valence-electron chi connectivity index (χ0n) is 22.3. The van der Waals surface area contributed by atoms with Gasteiger partial charge in [-0.2, -0.15) is 9.97 Å². The molecule has 3 aliphatic heterocycles. The molecule has 3 fully saturated rings. The Labute approximate surface area is 239 Å². The molecule has 3 saturated heterocycles. The number of rotatable bonds is 9. The van der Waals surface area contributed by atoms with Crippen LogP contribution in [0.2, 0.25) is 0 Å². The number of ether oxygens (including phenoxy) is 2. The van der Waals surface area contributed by atoms with E-state index in [9.17, 15) is 23.1 Å². The number of nitrogens with zero attached hydrogens (tertiary/aromatic N) is 4. The molecular weight excluding hydrogens is 595 g/mol. The maximum Gasteiger partial charge on any atom is 0.573 e. The number of piperidine rings is 1. The molecule has 13 heteroatoms. The smallest absolute Gasteiger partial charge is 0.481 e. The van der Waals surface area contributed by atoms with Gasteiger partial charge in [0.25, 0.3) is 0 Å². The monoisotopic (exact) mass is 628 g/mol. The van der Waals surface area contributed by atoms with Crippen molar-refractivity contribution in [3.05, 3.63) is 23.5 Å². The van der Waals surface area contributed by atoms with Crippen molar-refractivity contribution in [2.24, 2.45) is 11.3 Å². The molecule has 3 atom stereocenters. The highest BCUT2D eigenvalue weighted by Gasteiger charge is 2.48. The molecular formula is C27H34BrF3N5O4. The van der Waals surface area contributed by atoms with Gasteiger partial charge in [-0.3, -0.25) is 4.79 Å². The van der Waals surface area contributed by atoms with Gasteiger partial charge in [0.2, 0.25) is 0 Å². The lowest BCUT2D eigenvalue weighted by atomic mass is 9.65. The van der Waals surface area contributed by atoms with E-state index in [1.54, 1.807) is 0 Å². The summed E-state index contributed by atoms with van der Waals surface area (Å²) in [5, 5.41) is 13.1. The summed E-state index contributed by atoms with van der Waals surface area (Å²) in [6.07, 6.45) is 0.198. The van der Waals surface area contributed by atoms with E-state index in [1.165, 1.54) is 12.1 Å². The van der Waals surface area contributed by atoms with Crippen LogP contribution in [0.25, 0.3) is 10.9 Å². The van der Waals surface area contributed by atoms with Gasteiger partial charge in [0.15, 0.2) is 0 Å². The molecule has 40 heavy (non-hydrogen) atoms. The average molecular weight is 629 g/mol. The first-order chi connectivity index (χ1) is 18.9. The fraction of sp³-hybridized carbons (Fsp3) is 0.630. The molecule has 3 aliphatic rings. The molecule has 1 aromatic carbocycles. The van der Waals surface area contributed by atoms with Crippen LogP contribution in [-0.2, 0) is 4.79 Å². The fourth-order valence-corrected chi connectivity index (χ4v) is 6.50. The maximum absolute atomic E-state index is 13.1. The molecule has 0 saturated carbocycles. The average Bonchev–Trinajstić information content (AvgIpc) is 3.30. The second-order valence-corrected chi connectivity index (χ2v) is 12.0. The van der Waals surface area contributed by atoms with E-state index >= 15 is 0 Å². The summed E-state index contributed by atoms with van der Waals surface area (Å²) >= 11 is 3.19. The number of benzene rings is 1. The van der Waals surface area contributed by atoms with Crippen molar-refractivity contribution in [2.75, 3.05) is 44.7 Å². The zero-order valence-corrected chi connectivity index (χ0v) is 23.9. The van der Waals surface area contributed by atoms with Crippen LogP contribution in [0, 0.1) is 18.3 Å². The van der Waals surface area contributed by atoms with Gasteiger partial charge in [0.05, 0.1) is 15.9 Å². The number of carboxylic acids is 1. The number of aromatic nitrogens is 2. The van der Waals surface area contributed by atoms with Crippen molar-refractivity contribution < 1.29 is 32.5 Å². The van der Waals surface area contributed by atoms with Crippen LogP contribution < -0.4 is 19.7 Å². The van der Waals surface area contributed by atoms with Crippen molar-refractivity contribution in [2.45, 2.75) is 57.0 Å². The van der Waals surface area contributed by atoms with Crippen molar-refractivity contribution >= 4 is 38.6 Å². The zero-order chi connectivity index (χ0) is 28.7. The molecule has 9 nitrogen and oxygen atoms in total. The number of carboxylic acid groups (broad SMARTS) is 1. The summed E-state index contributed by atoms with van der Waals surface area (Å²) in [4.78, 5) is 24.7. The number of carbonyl (C=O) groups is 1. The van der Waals surface area contributed by atoms with Gasteiger partial charge in [0, 0.05) is 42.5 Å². The van der Waals surface area contributed by atoms with Crippen LogP contribution in [0.1, 0.15) is 38.5 Å². The summed E-state index contributed by atoms with van der Waals surface area (Å²) in [7, 11) is 2.05. The highest BCUT2D eigenvalue weighted by atomic mass is 79.9. The van der Waals surface area contributed by atoms with Gasteiger partial charge in [0.1, 0.15) is 18.2 Å². The first-order valence-electron chi connectivity index (χ1n) is 13.6. The lowest BCUT2D eigenvalue weighted by Gasteiger charge is -2.55. The first-order valence-corrected chi connectivity index (χ1v) is 14.4. The number of nitrogens with one attached hydrogen (secondary N) is 1. The Morgan fingerprint density at radius 3 is 2.65 bits per heavy atom. The predicted molar refractivity (Wildman–Crippen MR) is 146 cm³/mol. The second kappa shape index (κ2) is 11.5. The summed E-state index contributed by atoms with van der Waals surface area (Å²) in [5.41, 5.74) is 0.511. The molecule has 0 amide bonds. The van der Waals surface area contributed by atoms with Crippen LogP contribution in [0.5, 0.6) is 11.8 Å². The largest absolute Gasteiger partial charge is 0.573 e. The molecule has 1 spiro atoms. The Morgan fingerprint density at radius 2 is 2.05 bits per heavy atom. The molecule has 0 aliphatic carbocycles. The topological polar surface area (TPSA) is 100 Å². The van der Waals surface area contributed by atoms with Gasteiger partial charge >= 0.3 is 18.3 Å². The number of hydrogen-bond donors (Lipinski definition) is 2. The van der Waals surface area contributed by atoms with Crippen molar-refractivity contribution in [1.82, 2.24) is 20.2 Å². The van der Waals surface area contributed by atoms with Gasteiger partial charge in [-0.1, -0.05) is 0 Å². The predicted octanol–water partition coefficient (Wildman–Crippen LogP) is 4.64. The van der Waals surface area contributed by atoms with E-state index in [0.717, 1.165) is 45.2 Å². The van der Waals surface area contributed by atoms with E-state index in [0.29, 0.717) is 42.8 Å². The normalized spacial score (nSPS) is 23.8. The Hall–Kier alpha value is -2.38. The summed E-state index contributed by atoms with van der Waals surface area (Å²) in [5.74, 6) is -1.37. The van der Waals surface area contributed by atoms with Crippen molar-refractivity contribution in [3.63, 3.8) is 0 Å². The van der Waals surface area contributed by atoms with Gasteiger partial charge in [-0.05, 0) is 87.1 Å². The number of fused-ring (bicyclic) bond motifs is 1. The highest BCUT2D eigenvalue weighted by molar-refractivity contribution is 9.10. The molecule has 4 heterocycles. The lowest BCUT2D eigenvalue weighted by Crippen LogP contribution is -2.65. The SMILES string of the molecule is [CH2][C@@H](CCC1NCC12CCN(c1nc(OCC3CCCN3C)nc3cc(Br)c(OC(F)(F)F)cc13)CC2)C(=O)O. The van der Waals surface area contributed by atoms with E-state index in [2.05, 4.69) is 54.7 Å². The minimum Gasteiger partial charge on any atom is -0.481 e. The van der Waals surface area contributed by atoms with E-state index in [1.807, 2.05) is 0 Å². The minimum atomic E-state index is -4.84. The third-order valence-electron chi connectivity index (χ3n) is 8.66. The molecule has 2 aromatic rings. The first kappa shape index (κ1) is 29.1. The Morgan fingerprint density at radius 1 is 1.30 bits per heavy atom. The van der Waals surface area contributed by atoms with Crippen molar-refractivity contribution in [3.8, 4) is 11.8 Å². The number of aliphatic carboxylic acids is 1. The number of halogens is 4. The Bertz CT molecular complexity index is 1240. The summed E-state index contributed by atoms with van der Waals surface area (Å²) in [6.45, 7) is 7.30. The maximum atomic E-state index is 13.1. The molecule has 219 valence electrons. The number of likely N-dealkylation sites (tertiary alicyclic amines) is 1.